The topological polar surface area (TPSA) is 62.5 Å². The molecule has 204 valence electrons. The van der Waals surface area contributed by atoms with Crippen molar-refractivity contribution in [1.29, 1.82) is 0 Å². The lowest BCUT2D eigenvalue weighted by atomic mass is 10.1. The Morgan fingerprint density at radius 2 is 1.79 bits per heavy atom. The molecule has 0 radical (unpaired) electrons. The molecule has 39 heavy (non-hydrogen) atoms. The SMILES string of the molecule is CCN1/C(=C/C=C/c2ccc3cc(NC(=O)CCCCC(=O)OC)ccc3[n+]2CC)C=Cc2ccccc21.[I-]. The number of likely N-dealkylation sites (N-methyl/N-ethyl adjacent to an activating group) is 1. The Morgan fingerprint density at radius 1 is 1.00 bits per heavy atom. The van der Waals surface area contributed by atoms with Crippen LogP contribution in [0.5, 0.6) is 0 Å². The van der Waals surface area contributed by atoms with Crippen LogP contribution in [0.4, 0.5) is 11.4 Å². The van der Waals surface area contributed by atoms with Crippen LogP contribution < -0.4 is 38.8 Å². The molecule has 0 saturated carbocycles. The highest BCUT2D eigenvalue weighted by Gasteiger charge is 2.16. The maximum atomic E-state index is 12.3. The van der Waals surface area contributed by atoms with Gasteiger partial charge in [0.15, 0.2) is 0 Å². The van der Waals surface area contributed by atoms with E-state index in [1.807, 2.05) is 12.1 Å². The van der Waals surface area contributed by atoms with Gasteiger partial charge in [0.2, 0.25) is 17.1 Å². The van der Waals surface area contributed by atoms with E-state index in [2.05, 4.69) is 106 Å². The molecule has 0 bridgehead atoms. The van der Waals surface area contributed by atoms with E-state index in [9.17, 15) is 9.59 Å². The molecule has 0 aliphatic carbocycles. The second-order valence-corrected chi connectivity index (χ2v) is 9.19. The number of methoxy groups -OCH3 is 1. The molecular formula is C32H36IN3O3. The number of nitrogens with zero attached hydrogens (tertiary/aromatic N) is 2. The van der Waals surface area contributed by atoms with Crippen LogP contribution in [0.15, 0.2) is 78.5 Å². The molecule has 3 aromatic rings. The fraction of sp³-hybridized carbons (Fsp3) is 0.281. The highest BCUT2D eigenvalue weighted by molar-refractivity contribution is 5.93. The Labute approximate surface area is 248 Å². The third-order valence-electron chi connectivity index (χ3n) is 6.75. The Morgan fingerprint density at radius 3 is 2.56 bits per heavy atom. The van der Waals surface area contributed by atoms with Crippen molar-refractivity contribution in [3.63, 3.8) is 0 Å². The highest BCUT2D eigenvalue weighted by atomic mass is 127. The summed E-state index contributed by atoms with van der Waals surface area (Å²) in [7, 11) is 1.38. The lowest BCUT2D eigenvalue weighted by molar-refractivity contribution is -0.669. The monoisotopic (exact) mass is 637 g/mol. The van der Waals surface area contributed by atoms with Crippen molar-refractivity contribution in [1.82, 2.24) is 0 Å². The summed E-state index contributed by atoms with van der Waals surface area (Å²) >= 11 is 0. The fourth-order valence-electron chi connectivity index (χ4n) is 4.82. The molecule has 2 heterocycles. The van der Waals surface area contributed by atoms with Gasteiger partial charge < -0.3 is 38.9 Å². The van der Waals surface area contributed by atoms with Gasteiger partial charge in [-0.15, -0.1) is 0 Å². The number of carbonyl (C=O) groups is 2. The van der Waals surface area contributed by atoms with Crippen molar-refractivity contribution in [3.05, 3.63) is 89.8 Å². The molecule has 0 saturated heterocycles. The maximum absolute atomic E-state index is 12.3. The number of aromatic nitrogens is 1. The molecule has 1 aromatic heterocycles. The van der Waals surface area contributed by atoms with Crippen LogP contribution in [-0.2, 0) is 20.9 Å². The van der Waals surface area contributed by atoms with E-state index in [0.29, 0.717) is 25.7 Å². The molecule has 1 aliphatic rings. The summed E-state index contributed by atoms with van der Waals surface area (Å²) < 4.78 is 6.91. The van der Waals surface area contributed by atoms with Gasteiger partial charge in [0.25, 0.3) is 0 Å². The summed E-state index contributed by atoms with van der Waals surface area (Å²) in [6, 6.07) is 18.7. The Balaban J connectivity index is 0.00000420. The average molecular weight is 638 g/mol. The van der Waals surface area contributed by atoms with Crippen LogP contribution in [0.25, 0.3) is 23.1 Å². The predicted octanol–water partition coefficient (Wildman–Crippen LogP) is 3.27. The quantitative estimate of drug-likeness (QED) is 0.161. The summed E-state index contributed by atoms with van der Waals surface area (Å²) in [4.78, 5) is 25.9. The van der Waals surface area contributed by atoms with E-state index >= 15 is 0 Å². The second kappa shape index (κ2) is 14.6. The molecule has 1 aliphatic heterocycles. The van der Waals surface area contributed by atoms with Gasteiger partial charge in [-0.25, -0.2) is 0 Å². The summed E-state index contributed by atoms with van der Waals surface area (Å²) in [5.74, 6) is -0.291. The number of unbranched alkanes of at least 4 members (excludes halogenated alkanes) is 1. The predicted molar refractivity (Wildman–Crippen MR) is 155 cm³/mol. The largest absolute Gasteiger partial charge is 1.00 e. The minimum Gasteiger partial charge on any atom is -1.00 e. The number of halogens is 1. The van der Waals surface area contributed by atoms with E-state index in [0.717, 1.165) is 41.1 Å². The molecular weight excluding hydrogens is 601 g/mol. The third-order valence-corrected chi connectivity index (χ3v) is 6.75. The number of fused-ring (bicyclic) bond motifs is 2. The summed E-state index contributed by atoms with van der Waals surface area (Å²) in [6.45, 7) is 6.04. The number of amides is 1. The normalized spacial score (nSPS) is 13.4. The molecule has 0 unspecified atom stereocenters. The van der Waals surface area contributed by atoms with Gasteiger partial charge in [0, 0.05) is 60.1 Å². The molecule has 0 spiro atoms. The van der Waals surface area contributed by atoms with Gasteiger partial charge in [-0.1, -0.05) is 30.4 Å². The number of esters is 1. The smallest absolute Gasteiger partial charge is 0.305 e. The summed E-state index contributed by atoms with van der Waals surface area (Å²) in [5, 5.41) is 4.04. The number of ether oxygens (including phenoxy) is 1. The van der Waals surface area contributed by atoms with Gasteiger partial charge in [-0.2, -0.15) is 4.57 Å². The number of hydrogen-bond acceptors (Lipinski definition) is 4. The standard InChI is InChI=1S/C32H35N3O3.HI/c1-4-34-27(20-17-24-11-6-7-14-29(24)34)12-10-13-28-21-18-25-23-26(19-22-30(25)35(28)5-2)33-31(36)15-8-9-16-32(37)38-3;/h6-7,10-14,17-23H,4-5,8-9,15-16H2,1-3H3;1H. The van der Waals surface area contributed by atoms with Gasteiger partial charge in [0.05, 0.1) is 7.11 Å². The van der Waals surface area contributed by atoms with Crippen LogP contribution >= 0.6 is 0 Å². The number of hydrogen-bond donors (Lipinski definition) is 1. The molecule has 0 fully saturated rings. The zero-order valence-electron chi connectivity index (χ0n) is 22.8. The lowest BCUT2D eigenvalue weighted by Gasteiger charge is -2.29. The molecule has 7 heteroatoms. The number of para-hydroxylation sites is 1. The number of benzene rings is 2. The Hall–Kier alpha value is -3.46. The van der Waals surface area contributed by atoms with Crippen molar-refractivity contribution >= 4 is 46.3 Å². The molecule has 0 atom stereocenters. The van der Waals surface area contributed by atoms with Crippen LogP contribution in [0.3, 0.4) is 0 Å². The van der Waals surface area contributed by atoms with E-state index in [4.69, 9.17) is 0 Å². The van der Waals surface area contributed by atoms with E-state index in [1.54, 1.807) is 0 Å². The van der Waals surface area contributed by atoms with Gasteiger partial charge >= 0.3 is 5.97 Å². The Bertz CT molecular complexity index is 1410. The van der Waals surface area contributed by atoms with Crippen LogP contribution in [0.2, 0.25) is 0 Å². The van der Waals surface area contributed by atoms with Crippen LogP contribution in [0, 0.1) is 0 Å². The summed E-state index contributed by atoms with van der Waals surface area (Å²) in [5.41, 5.74) is 6.63. The van der Waals surface area contributed by atoms with Crippen molar-refractivity contribution in [2.24, 2.45) is 0 Å². The first-order valence-corrected chi connectivity index (χ1v) is 13.3. The van der Waals surface area contributed by atoms with Gasteiger partial charge in [0.1, 0.15) is 6.54 Å². The molecule has 1 N–H and O–H groups in total. The highest BCUT2D eigenvalue weighted by Crippen LogP contribution is 2.30. The second-order valence-electron chi connectivity index (χ2n) is 9.19. The average Bonchev–Trinajstić information content (AvgIpc) is 2.94. The molecule has 2 aromatic carbocycles. The first kappa shape index (κ1) is 30.1. The number of aryl methyl sites for hydroxylation is 1. The number of pyridine rings is 1. The number of nitrogens with one attached hydrogen (secondary N) is 1. The van der Waals surface area contributed by atoms with Gasteiger partial charge in [-0.3, -0.25) is 9.59 Å². The third kappa shape index (κ3) is 7.56. The van der Waals surface area contributed by atoms with Crippen molar-refractivity contribution in [2.45, 2.75) is 46.1 Å². The van der Waals surface area contributed by atoms with E-state index < -0.39 is 0 Å². The fourth-order valence-corrected chi connectivity index (χ4v) is 4.82. The first-order chi connectivity index (χ1) is 18.5. The van der Waals surface area contributed by atoms with Crippen molar-refractivity contribution < 1.29 is 42.9 Å². The number of carbonyl (C=O) groups excluding carboxylic acids is 2. The zero-order chi connectivity index (χ0) is 26.9. The Kier molecular flexibility index (Phi) is 11.3. The van der Waals surface area contributed by atoms with Crippen LogP contribution in [0.1, 0.15) is 50.8 Å². The molecule has 1 amide bonds. The minimum atomic E-state index is -0.241. The molecule has 6 nitrogen and oxygen atoms in total. The number of rotatable bonds is 10. The first-order valence-electron chi connectivity index (χ1n) is 13.3. The van der Waals surface area contributed by atoms with Crippen molar-refractivity contribution in [3.8, 4) is 0 Å². The van der Waals surface area contributed by atoms with Crippen LogP contribution in [-0.4, -0.2) is 25.5 Å². The number of allylic oxidation sites excluding steroid dienone is 3. The molecule has 4 rings (SSSR count). The van der Waals surface area contributed by atoms with Crippen molar-refractivity contribution in [2.75, 3.05) is 23.9 Å². The van der Waals surface area contributed by atoms with Gasteiger partial charge in [-0.05, 0) is 68.7 Å². The number of anilines is 2. The maximum Gasteiger partial charge on any atom is 0.305 e. The lowest BCUT2D eigenvalue weighted by Crippen LogP contribution is -3.00. The summed E-state index contributed by atoms with van der Waals surface area (Å²) in [6.07, 6.45) is 12.7. The minimum absolute atomic E-state index is 0. The van der Waals surface area contributed by atoms with E-state index in [-0.39, 0.29) is 35.9 Å². The van der Waals surface area contributed by atoms with E-state index in [1.165, 1.54) is 18.4 Å². The zero-order valence-corrected chi connectivity index (χ0v) is 25.0.